The molecule has 0 spiro atoms. The van der Waals surface area contributed by atoms with Crippen molar-refractivity contribution in [2.24, 2.45) is 0 Å². The fraction of sp³-hybridized carbons (Fsp3) is 0.278. The van der Waals surface area contributed by atoms with Crippen molar-refractivity contribution in [3.05, 3.63) is 58.6 Å². The molecule has 5 heteroatoms. The van der Waals surface area contributed by atoms with Gasteiger partial charge in [0.05, 0.1) is 23.8 Å². The summed E-state index contributed by atoms with van der Waals surface area (Å²) in [4.78, 5) is 2.35. The fourth-order valence-corrected chi connectivity index (χ4v) is 2.91. The van der Waals surface area contributed by atoms with Crippen LogP contribution in [-0.2, 0) is 11.3 Å². The van der Waals surface area contributed by atoms with Crippen LogP contribution in [0.3, 0.4) is 0 Å². The van der Waals surface area contributed by atoms with E-state index in [1.54, 1.807) is 12.1 Å². The Morgan fingerprint density at radius 3 is 2.70 bits per heavy atom. The molecule has 4 nitrogen and oxygen atoms in total. The zero-order chi connectivity index (χ0) is 16.1. The Morgan fingerprint density at radius 1 is 1.17 bits per heavy atom. The van der Waals surface area contributed by atoms with Crippen LogP contribution in [0.15, 0.2) is 42.5 Å². The van der Waals surface area contributed by atoms with Crippen LogP contribution in [0.5, 0.6) is 0 Å². The van der Waals surface area contributed by atoms with E-state index in [2.05, 4.69) is 34.5 Å². The highest BCUT2D eigenvalue weighted by molar-refractivity contribution is 6.32. The van der Waals surface area contributed by atoms with Gasteiger partial charge in [0.1, 0.15) is 6.07 Å². The van der Waals surface area contributed by atoms with Crippen LogP contribution in [0.1, 0.15) is 11.1 Å². The Labute approximate surface area is 141 Å². The van der Waals surface area contributed by atoms with E-state index in [1.165, 1.54) is 11.3 Å². The number of nitriles is 1. The van der Waals surface area contributed by atoms with E-state index in [-0.39, 0.29) is 0 Å². The summed E-state index contributed by atoms with van der Waals surface area (Å²) in [6.07, 6.45) is 0. The van der Waals surface area contributed by atoms with Gasteiger partial charge in [-0.15, -0.1) is 0 Å². The van der Waals surface area contributed by atoms with Gasteiger partial charge in [-0.25, -0.2) is 0 Å². The van der Waals surface area contributed by atoms with Crippen LogP contribution in [-0.4, -0.2) is 26.3 Å². The summed E-state index contributed by atoms with van der Waals surface area (Å²) < 4.78 is 5.43. The summed E-state index contributed by atoms with van der Waals surface area (Å²) in [5.74, 6) is 0. The molecule has 0 saturated carbocycles. The van der Waals surface area contributed by atoms with Gasteiger partial charge >= 0.3 is 0 Å². The van der Waals surface area contributed by atoms with Crippen LogP contribution in [0.2, 0.25) is 5.02 Å². The third kappa shape index (κ3) is 3.76. The number of rotatable bonds is 4. The van der Waals surface area contributed by atoms with E-state index in [9.17, 15) is 0 Å². The summed E-state index contributed by atoms with van der Waals surface area (Å²) in [5.41, 5.74) is 3.87. The molecule has 1 saturated heterocycles. The molecule has 2 aromatic rings. The second-order valence-electron chi connectivity index (χ2n) is 5.39. The molecular formula is C18H18ClN3O. The molecule has 0 atom stereocenters. The molecule has 1 aliphatic rings. The Bertz CT molecular complexity index is 720. The second-order valence-corrected chi connectivity index (χ2v) is 5.80. The second kappa shape index (κ2) is 7.36. The lowest BCUT2D eigenvalue weighted by atomic mass is 10.1. The highest BCUT2D eigenvalue weighted by Gasteiger charge is 2.14. The van der Waals surface area contributed by atoms with Crippen molar-refractivity contribution in [3.8, 4) is 6.07 Å². The van der Waals surface area contributed by atoms with Crippen LogP contribution in [0.4, 0.5) is 11.4 Å². The van der Waals surface area contributed by atoms with Gasteiger partial charge in [-0.1, -0.05) is 29.8 Å². The van der Waals surface area contributed by atoms with Crippen molar-refractivity contribution in [2.75, 3.05) is 36.5 Å². The van der Waals surface area contributed by atoms with Gasteiger partial charge in [0, 0.05) is 31.0 Å². The predicted octanol–water partition coefficient (Wildman–Crippen LogP) is 3.66. The van der Waals surface area contributed by atoms with E-state index in [0.717, 1.165) is 32.0 Å². The Kier molecular flexibility index (Phi) is 5.02. The average Bonchev–Trinajstić information content (AvgIpc) is 2.61. The molecule has 118 valence electrons. The third-order valence-corrected chi connectivity index (χ3v) is 4.23. The van der Waals surface area contributed by atoms with Gasteiger partial charge in [-0.05, 0) is 29.8 Å². The largest absolute Gasteiger partial charge is 0.381 e. The van der Waals surface area contributed by atoms with E-state index in [0.29, 0.717) is 17.1 Å². The molecule has 0 aromatic heterocycles. The van der Waals surface area contributed by atoms with E-state index in [4.69, 9.17) is 21.6 Å². The molecule has 0 unspecified atom stereocenters. The fourth-order valence-electron chi connectivity index (χ4n) is 2.69. The van der Waals surface area contributed by atoms with Crippen LogP contribution >= 0.6 is 11.6 Å². The molecule has 0 radical (unpaired) electrons. The molecule has 3 rings (SSSR count). The van der Waals surface area contributed by atoms with Crippen LogP contribution in [0, 0.1) is 11.3 Å². The predicted molar refractivity (Wildman–Crippen MR) is 93.0 cm³/mol. The molecule has 0 aliphatic carbocycles. The highest BCUT2D eigenvalue weighted by atomic mass is 35.5. The van der Waals surface area contributed by atoms with Crippen molar-refractivity contribution >= 4 is 23.0 Å². The van der Waals surface area contributed by atoms with Gasteiger partial charge in [-0.3, -0.25) is 0 Å². The minimum Gasteiger partial charge on any atom is -0.381 e. The first-order valence-corrected chi connectivity index (χ1v) is 8.00. The smallest absolute Gasteiger partial charge is 0.101 e. The highest BCUT2D eigenvalue weighted by Crippen LogP contribution is 2.24. The van der Waals surface area contributed by atoms with Crippen molar-refractivity contribution < 1.29 is 4.74 Å². The summed E-state index contributed by atoms with van der Waals surface area (Å²) in [7, 11) is 0. The Morgan fingerprint density at radius 2 is 1.96 bits per heavy atom. The quantitative estimate of drug-likeness (QED) is 0.931. The summed E-state index contributed by atoms with van der Waals surface area (Å²) in [5, 5.41) is 12.8. The number of halogens is 1. The Hall–Kier alpha value is -2.22. The molecule has 0 amide bonds. The monoisotopic (exact) mass is 327 g/mol. The number of ether oxygens (including phenoxy) is 1. The molecule has 2 aromatic carbocycles. The van der Waals surface area contributed by atoms with Crippen LogP contribution in [0.25, 0.3) is 0 Å². The van der Waals surface area contributed by atoms with Gasteiger partial charge < -0.3 is 15.0 Å². The van der Waals surface area contributed by atoms with Crippen molar-refractivity contribution in [3.63, 3.8) is 0 Å². The Balaban J connectivity index is 1.73. The maximum absolute atomic E-state index is 8.93. The van der Waals surface area contributed by atoms with Crippen LogP contribution < -0.4 is 10.2 Å². The van der Waals surface area contributed by atoms with Gasteiger partial charge in [0.2, 0.25) is 0 Å². The number of morpholine rings is 1. The number of hydrogen-bond donors (Lipinski definition) is 1. The zero-order valence-electron chi connectivity index (χ0n) is 12.8. The van der Waals surface area contributed by atoms with Gasteiger partial charge in [0.15, 0.2) is 0 Å². The van der Waals surface area contributed by atoms with Gasteiger partial charge in [-0.2, -0.15) is 5.26 Å². The van der Waals surface area contributed by atoms with Crippen molar-refractivity contribution in [1.29, 1.82) is 5.26 Å². The lowest BCUT2D eigenvalue weighted by molar-refractivity contribution is 0.122. The first-order chi connectivity index (χ1) is 11.3. The van der Waals surface area contributed by atoms with E-state index >= 15 is 0 Å². The number of para-hydroxylation sites is 1. The number of nitrogens with zero attached hydrogens (tertiary/aromatic N) is 2. The standard InChI is InChI=1S/C18H18ClN3O/c19-17-11-16(6-5-14(17)12-20)21-13-15-3-1-2-4-18(15)22-7-9-23-10-8-22/h1-6,11,21H,7-10,13H2. The summed E-state index contributed by atoms with van der Waals surface area (Å²) >= 11 is 6.08. The first kappa shape index (κ1) is 15.7. The van der Waals surface area contributed by atoms with E-state index in [1.807, 2.05) is 12.1 Å². The molecule has 1 aliphatic heterocycles. The molecule has 1 N–H and O–H groups in total. The SMILES string of the molecule is N#Cc1ccc(NCc2ccccc2N2CCOCC2)cc1Cl. The van der Waals surface area contributed by atoms with Gasteiger partial charge in [0.25, 0.3) is 0 Å². The lowest BCUT2D eigenvalue weighted by Crippen LogP contribution is -2.36. The third-order valence-electron chi connectivity index (χ3n) is 3.92. The molecular weight excluding hydrogens is 310 g/mol. The maximum atomic E-state index is 8.93. The average molecular weight is 328 g/mol. The topological polar surface area (TPSA) is 48.3 Å². The number of nitrogens with one attached hydrogen (secondary N) is 1. The number of anilines is 2. The molecule has 1 fully saturated rings. The van der Waals surface area contributed by atoms with Crippen molar-refractivity contribution in [2.45, 2.75) is 6.54 Å². The number of benzene rings is 2. The lowest BCUT2D eigenvalue weighted by Gasteiger charge is -2.30. The normalized spacial score (nSPS) is 14.3. The number of hydrogen-bond acceptors (Lipinski definition) is 4. The molecule has 1 heterocycles. The minimum absolute atomic E-state index is 0.471. The maximum Gasteiger partial charge on any atom is 0.101 e. The van der Waals surface area contributed by atoms with E-state index < -0.39 is 0 Å². The molecule has 23 heavy (non-hydrogen) atoms. The molecule has 0 bridgehead atoms. The van der Waals surface area contributed by atoms with Crippen molar-refractivity contribution in [1.82, 2.24) is 0 Å². The first-order valence-electron chi connectivity index (χ1n) is 7.62. The zero-order valence-corrected chi connectivity index (χ0v) is 13.5. The summed E-state index contributed by atoms with van der Waals surface area (Å²) in [6, 6.07) is 15.9. The minimum atomic E-state index is 0.471. The summed E-state index contributed by atoms with van der Waals surface area (Å²) in [6.45, 7) is 4.08.